The van der Waals surface area contributed by atoms with Crippen molar-refractivity contribution < 1.29 is 23.4 Å². The molecule has 0 bridgehead atoms. The van der Waals surface area contributed by atoms with Gasteiger partial charge in [-0.3, -0.25) is 14.5 Å². The van der Waals surface area contributed by atoms with E-state index in [1.165, 1.54) is 23.5 Å². The molecule has 2 aromatic carbocycles. The first-order valence-electron chi connectivity index (χ1n) is 12.8. The van der Waals surface area contributed by atoms with Crippen LogP contribution in [0.4, 0.5) is 5.69 Å². The predicted molar refractivity (Wildman–Crippen MR) is 143 cm³/mol. The second-order valence-corrected chi connectivity index (χ2v) is 9.50. The number of hydrogen-bond acceptors (Lipinski definition) is 8. The van der Waals surface area contributed by atoms with Crippen molar-refractivity contribution >= 4 is 11.6 Å². The topological polar surface area (TPSA) is 84.7 Å². The van der Waals surface area contributed by atoms with Crippen LogP contribution in [0.15, 0.2) is 64.0 Å². The fourth-order valence-corrected chi connectivity index (χ4v) is 5.01. The summed E-state index contributed by atoms with van der Waals surface area (Å²) < 4.78 is 22.1. The summed E-state index contributed by atoms with van der Waals surface area (Å²) in [5.41, 5.74) is 3.26. The van der Waals surface area contributed by atoms with Crippen molar-refractivity contribution in [2.45, 2.75) is 19.5 Å². The fourth-order valence-electron chi connectivity index (χ4n) is 5.01. The van der Waals surface area contributed by atoms with E-state index in [1.807, 2.05) is 30.3 Å². The summed E-state index contributed by atoms with van der Waals surface area (Å²) in [6, 6.07) is 15.6. The molecule has 1 aromatic heterocycles. The molecule has 200 valence electrons. The van der Waals surface area contributed by atoms with Gasteiger partial charge in [-0.1, -0.05) is 18.2 Å². The number of hydrogen-bond donors (Lipinski definition) is 0. The van der Waals surface area contributed by atoms with E-state index in [1.54, 1.807) is 19.1 Å². The highest BCUT2D eigenvalue weighted by Crippen LogP contribution is 2.33. The van der Waals surface area contributed by atoms with Crippen LogP contribution in [0, 0.1) is 0 Å². The Hall–Kier alpha value is -3.98. The van der Waals surface area contributed by atoms with Gasteiger partial charge in [0.1, 0.15) is 12.0 Å². The van der Waals surface area contributed by atoms with E-state index in [0.717, 1.165) is 37.5 Å². The number of fused-ring (bicyclic) bond motifs is 1. The number of anilines is 1. The lowest BCUT2D eigenvalue weighted by molar-refractivity contribution is -0.133. The van der Waals surface area contributed by atoms with Gasteiger partial charge >= 0.3 is 0 Å². The maximum Gasteiger partial charge on any atom is 0.260 e. The normalized spacial score (nSPS) is 15.6. The molecular weight excluding hydrogens is 486 g/mol. The largest absolute Gasteiger partial charge is 0.493 e. The first-order valence-corrected chi connectivity index (χ1v) is 12.8. The molecule has 9 heteroatoms. The lowest BCUT2D eigenvalue weighted by atomic mass is 9.98. The Kier molecular flexibility index (Phi) is 7.83. The van der Waals surface area contributed by atoms with Crippen LogP contribution in [-0.2, 0) is 24.3 Å². The van der Waals surface area contributed by atoms with Crippen LogP contribution in [-0.4, -0.2) is 69.3 Å². The third kappa shape index (κ3) is 5.78. The summed E-state index contributed by atoms with van der Waals surface area (Å²) in [5, 5.41) is 0. The number of carbonyl (C=O) groups excluding carboxylic acids is 1. The number of benzene rings is 2. The zero-order valence-electron chi connectivity index (χ0n) is 21.9. The van der Waals surface area contributed by atoms with E-state index < -0.39 is 0 Å². The van der Waals surface area contributed by atoms with Crippen LogP contribution in [0.3, 0.4) is 0 Å². The smallest absolute Gasteiger partial charge is 0.260 e. The Morgan fingerprint density at radius 1 is 0.895 bits per heavy atom. The first kappa shape index (κ1) is 25.7. The van der Waals surface area contributed by atoms with Crippen LogP contribution in [0.5, 0.6) is 17.2 Å². The molecule has 3 heterocycles. The Labute approximate surface area is 222 Å². The minimum atomic E-state index is -0.295. The molecule has 2 aliphatic heterocycles. The standard InChI is InChI=1S/C29H33N3O6/c1-35-26-14-21-8-9-30(17-22(21)15-27(26)36-2)18-24-16-25(33)28(19-37-24)38-20-29(34)32-12-10-31(11-13-32)23-6-4-3-5-7-23/h3-7,14-16,19H,8-13,17-18,20H2,1-2H3. The average molecular weight is 520 g/mol. The van der Waals surface area contributed by atoms with E-state index in [4.69, 9.17) is 18.6 Å². The summed E-state index contributed by atoms with van der Waals surface area (Å²) >= 11 is 0. The number of piperazine rings is 1. The number of nitrogens with zero attached hydrogens (tertiary/aromatic N) is 3. The first-order chi connectivity index (χ1) is 18.5. The number of carbonyl (C=O) groups is 1. The van der Waals surface area contributed by atoms with Gasteiger partial charge in [0.15, 0.2) is 18.1 Å². The molecule has 0 atom stereocenters. The molecule has 1 saturated heterocycles. The van der Waals surface area contributed by atoms with Gasteiger partial charge in [-0.15, -0.1) is 0 Å². The molecule has 1 amide bonds. The highest BCUT2D eigenvalue weighted by molar-refractivity contribution is 5.78. The van der Waals surface area contributed by atoms with E-state index >= 15 is 0 Å². The number of amides is 1. The number of ether oxygens (including phenoxy) is 3. The van der Waals surface area contributed by atoms with Gasteiger partial charge in [0.25, 0.3) is 5.91 Å². The molecule has 1 fully saturated rings. The van der Waals surface area contributed by atoms with Gasteiger partial charge in [0, 0.05) is 51.0 Å². The quantitative estimate of drug-likeness (QED) is 0.449. The van der Waals surface area contributed by atoms with Gasteiger partial charge in [0.05, 0.1) is 20.8 Å². The van der Waals surface area contributed by atoms with Crippen molar-refractivity contribution in [2.24, 2.45) is 0 Å². The maximum absolute atomic E-state index is 12.7. The third-order valence-corrected chi connectivity index (χ3v) is 7.13. The van der Waals surface area contributed by atoms with E-state index in [-0.39, 0.29) is 23.7 Å². The molecule has 9 nitrogen and oxygen atoms in total. The molecule has 0 radical (unpaired) electrons. The van der Waals surface area contributed by atoms with E-state index in [2.05, 4.69) is 21.9 Å². The Bertz CT molecular complexity index is 1320. The van der Waals surface area contributed by atoms with Crippen LogP contribution in [0.2, 0.25) is 0 Å². The van der Waals surface area contributed by atoms with Crippen molar-refractivity contribution in [1.29, 1.82) is 0 Å². The summed E-state index contributed by atoms with van der Waals surface area (Å²) in [7, 11) is 3.26. The predicted octanol–water partition coefficient (Wildman–Crippen LogP) is 2.94. The van der Waals surface area contributed by atoms with Crippen molar-refractivity contribution in [3.63, 3.8) is 0 Å². The molecule has 2 aliphatic rings. The Morgan fingerprint density at radius 2 is 1.61 bits per heavy atom. The number of para-hydroxylation sites is 1. The number of rotatable bonds is 8. The average Bonchev–Trinajstić information content (AvgIpc) is 2.96. The molecule has 0 aliphatic carbocycles. The summed E-state index contributed by atoms with van der Waals surface area (Å²) in [5.74, 6) is 1.89. The van der Waals surface area contributed by atoms with Gasteiger partial charge in [-0.05, 0) is 41.8 Å². The molecule has 5 rings (SSSR count). The molecule has 0 unspecified atom stereocenters. The molecule has 0 spiro atoms. The molecule has 0 saturated carbocycles. The second-order valence-electron chi connectivity index (χ2n) is 9.50. The molecule has 3 aromatic rings. The van der Waals surface area contributed by atoms with Gasteiger partial charge < -0.3 is 28.4 Å². The van der Waals surface area contributed by atoms with E-state index in [0.29, 0.717) is 37.7 Å². The van der Waals surface area contributed by atoms with Crippen LogP contribution in [0.25, 0.3) is 0 Å². The van der Waals surface area contributed by atoms with Crippen LogP contribution >= 0.6 is 0 Å². The molecular formula is C29H33N3O6. The second kappa shape index (κ2) is 11.6. The minimum Gasteiger partial charge on any atom is -0.493 e. The van der Waals surface area contributed by atoms with Gasteiger partial charge in [-0.2, -0.15) is 0 Å². The highest BCUT2D eigenvalue weighted by atomic mass is 16.5. The van der Waals surface area contributed by atoms with Crippen molar-refractivity contribution in [2.75, 3.05) is 58.5 Å². The van der Waals surface area contributed by atoms with Crippen molar-refractivity contribution in [3.8, 4) is 17.2 Å². The zero-order valence-corrected chi connectivity index (χ0v) is 21.9. The van der Waals surface area contributed by atoms with Crippen LogP contribution in [0.1, 0.15) is 16.9 Å². The van der Waals surface area contributed by atoms with Crippen molar-refractivity contribution in [1.82, 2.24) is 9.80 Å². The Morgan fingerprint density at radius 3 is 2.29 bits per heavy atom. The van der Waals surface area contributed by atoms with E-state index in [9.17, 15) is 9.59 Å². The van der Waals surface area contributed by atoms with Crippen LogP contribution < -0.4 is 24.5 Å². The molecule has 0 N–H and O–H groups in total. The maximum atomic E-state index is 12.7. The fraction of sp³-hybridized carbons (Fsp3) is 0.379. The lowest BCUT2D eigenvalue weighted by Gasteiger charge is -2.36. The SMILES string of the molecule is COc1cc2c(cc1OC)CN(Cc1cc(=O)c(OCC(=O)N3CCN(c4ccccc4)CC3)co1)CC2. The van der Waals surface area contributed by atoms with Crippen molar-refractivity contribution in [3.05, 3.63) is 81.9 Å². The lowest BCUT2D eigenvalue weighted by Crippen LogP contribution is -2.50. The summed E-state index contributed by atoms with van der Waals surface area (Å²) in [6.45, 7) is 4.59. The van der Waals surface area contributed by atoms with Gasteiger partial charge in [-0.25, -0.2) is 0 Å². The third-order valence-electron chi connectivity index (χ3n) is 7.13. The Balaban J connectivity index is 1.13. The summed E-state index contributed by atoms with van der Waals surface area (Å²) in [6.07, 6.45) is 2.17. The minimum absolute atomic E-state index is 0.0471. The monoisotopic (exact) mass is 519 g/mol. The van der Waals surface area contributed by atoms with Gasteiger partial charge in [0.2, 0.25) is 11.2 Å². The number of methoxy groups -OCH3 is 2. The summed E-state index contributed by atoms with van der Waals surface area (Å²) in [4.78, 5) is 31.6. The highest BCUT2D eigenvalue weighted by Gasteiger charge is 2.23. The molecule has 38 heavy (non-hydrogen) atoms. The zero-order chi connectivity index (χ0) is 26.5.